The molecule has 1 heterocycles. The van der Waals surface area contributed by atoms with E-state index in [0.717, 1.165) is 19.7 Å². The van der Waals surface area contributed by atoms with Crippen molar-refractivity contribution in [1.82, 2.24) is 15.5 Å². The monoisotopic (exact) mass is 282 g/mol. The second kappa shape index (κ2) is 7.58. The van der Waals surface area contributed by atoms with Crippen LogP contribution in [0.4, 0.5) is 0 Å². The highest BCUT2D eigenvalue weighted by atomic mass is 16.5. The zero-order valence-corrected chi connectivity index (χ0v) is 12.9. The van der Waals surface area contributed by atoms with Gasteiger partial charge in [-0.05, 0) is 19.9 Å². The average molecular weight is 282 g/mol. The van der Waals surface area contributed by atoms with Gasteiger partial charge in [-0.25, -0.2) is 0 Å². The van der Waals surface area contributed by atoms with E-state index >= 15 is 0 Å². The second-order valence-electron chi connectivity index (χ2n) is 5.90. The van der Waals surface area contributed by atoms with Gasteiger partial charge in [0.15, 0.2) is 0 Å². The van der Waals surface area contributed by atoms with Crippen LogP contribution in [0.15, 0.2) is 0 Å². The minimum Gasteiger partial charge on any atom is -0.374 e. The number of carbonyl (C=O) groups is 1. The van der Waals surface area contributed by atoms with Crippen molar-refractivity contribution in [2.45, 2.75) is 32.4 Å². The number of morpholine rings is 1. The summed E-state index contributed by atoms with van der Waals surface area (Å²) in [7, 11) is 2.06. The molecule has 1 aliphatic rings. The van der Waals surface area contributed by atoms with Crippen molar-refractivity contribution < 1.29 is 9.53 Å². The van der Waals surface area contributed by atoms with Crippen LogP contribution < -0.4 is 10.6 Å². The second-order valence-corrected chi connectivity index (χ2v) is 5.90. The Morgan fingerprint density at radius 1 is 1.60 bits per heavy atom. The Bertz CT molecular complexity index is 367. The van der Waals surface area contributed by atoms with E-state index in [1.54, 1.807) is 6.92 Å². The summed E-state index contributed by atoms with van der Waals surface area (Å²) in [5.41, 5.74) is -0.819. The number of nitriles is 1. The lowest BCUT2D eigenvalue weighted by Gasteiger charge is -2.30. The molecule has 6 heteroatoms. The standard InChI is InChI=1S/C14H26N4O2/c1-11(2)14(3,10-15)17-13(19)8-16-7-12-9-18(4)5-6-20-12/h11-12,16H,5-9H2,1-4H3,(H,17,19). The van der Waals surface area contributed by atoms with Gasteiger partial charge in [-0.2, -0.15) is 5.26 Å². The van der Waals surface area contributed by atoms with Crippen LogP contribution in [0.1, 0.15) is 20.8 Å². The maximum Gasteiger partial charge on any atom is 0.235 e. The molecule has 114 valence electrons. The minimum atomic E-state index is -0.819. The van der Waals surface area contributed by atoms with Crippen molar-refractivity contribution in [3.8, 4) is 6.07 Å². The Morgan fingerprint density at radius 3 is 2.85 bits per heavy atom. The van der Waals surface area contributed by atoms with Gasteiger partial charge in [-0.1, -0.05) is 13.8 Å². The van der Waals surface area contributed by atoms with Crippen molar-refractivity contribution in [3.63, 3.8) is 0 Å². The molecule has 2 unspecified atom stereocenters. The summed E-state index contributed by atoms with van der Waals surface area (Å²) in [5, 5.41) is 15.0. The fourth-order valence-electron chi connectivity index (χ4n) is 1.97. The van der Waals surface area contributed by atoms with Crippen LogP contribution >= 0.6 is 0 Å². The number of carbonyl (C=O) groups excluding carboxylic acids is 1. The fourth-order valence-corrected chi connectivity index (χ4v) is 1.97. The van der Waals surface area contributed by atoms with Gasteiger partial charge < -0.3 is 20.3 Å². The molecule has 0 saturated carbocycles. The van der Waals surface area contributed by atoms with Crippen LogP contribution in [-0.4, -0.2) is 62.3 Å². The zero-order valence-electron chi connectivity index (χ0n) is 12.9. The molecular formula is C14H26N4O2. The molecule has 20 heavy (non-hydrogen) atoms. The van der Waals surface area contributed by atoms with Crippen molar-refractivity contribution in [1.29, 1.82) is 5.26 Å². The minimum absolute atomic E-state index is 0.0618. The van der Waals surface area contributed by atoms with Crippen molar-refractivity contribution in [2.75, 3.05) is 39.8 Å². The number of hydrogen-bond acceptors (Lipinski definition) is 5. The highest BCUT2D eigenvalue weighted by molar-refractivity contribution is 5.79. The van der Waals surface area contributed by atoms with Gasteiger partial charge in [-0.15, -0.1) is 0 Å². The van der Waals surface area contributed by atoms with Gasteiger partial charge in [0.2, 0.25) is 5.91 Å². The topological polar surface area (TPSA) is 77.4 Å². The molecule has 0 aromatic carbocycles. The first-order chi connectivity index (χ1) is 9.37. The van der Waals surface area contributed by atoms with E-state index in [9.17, 15) is 4.79 Å². The molecule has 1 fully saturated rings. The number of nitrogens with zero attached hydrogens (tertiary/aromatic N) is 2. The quantitative estimate of drug-likeness (QED) is 0.715. The normalized spacial score (nSPS) is 23.1. The van der Waals surface area contributed by atoms with E-state index in [1.165, 1.54) is 0 Å². The Labute approximate surface area is 121 Å². The molecule has 2 N–H and O–H groups in total. The molecule has 0 radical (unpaired) electrons. The molecule has 0 spiro atoms. The highest BCUT2D eigenvalue weighted by Crippen LogP contribution is 2.14. The van der Waals surface area contributed by atoms with E-state index in [0.29, 0.717) is 6.54 Å². The maximum atomic E-state index is 11.9. The first-order valence-electron chi connectivity index (χ1n) is 7.10. The summed E-state index contributed by atoms with van der Waals surface area (Å²) in [5.74, 6) is -0.0984. The Hall–Kier alpha value is -1.16. The third-order valence-corrected chi connectivity index (χ3v) is 3.79. The molecule has 0 aromatic heterocycles. The molecule has 1 aliphatic heterocycles. The van der Waals surface area contributed by atoms with Crippen LogP contribution in [0.5, 0.6) is 0 Å². The Balaban J connectivity index is 2.28. The molecule has 1 rings (SSSR count). The van der Waals surface area contributed by atoms with Gasteiger partial charge >= 0.3 is 0 Å². The number of amides is 1. The first-order valence-corrected chi connectivity index (χ1v) is 7.10. The molecule has 0 aromatic rings. The number of ether oxygens (including phenoxy) is 1. The molecule has 0 bridgehead atoms. The molecule has 6 nitrogen and oxygen atoms in total. The molecule has 0 aliphatic carbocycles. The van der Waals surface area contributed by atoms with Crippen LogP contribution in [-0.2, 0) is 9.53 Å². The molecule has 2 atom stereocenters. The molecule has 1 saturated heterocycles. The number of rotatable bonds is 6. The summed E-state index contributed by atoms with van der Waals surface area (Å²) in [6.07, 6.45) is 0.119. The van der Waals surface area contributed by atoms with Gasteiger partial charge in [0, 0.05) is 19.6 Å². The Morgan fingerprint density at radius 2 is 2.30 bits per heavy atom. The summed E-state index contributed by atoms with van der Waals surface area (Å²) in [6, 6.07) is 2.16. The molecule has 1 amide bonds. The summed E-state index contributed by atoms with van der Waals surface area (Å²) >= 11 is 0. The van der Waals surface area contributed by atoms with Gasteiger partial charge in [-0.3, -0.25) is 4.79 Å². The van der Waals surface area contributed by atoms with Crippen LogP contribution in [0.2, 0.25) is 0 Å². The van der Waals surface area contributed by atoms with Crippen LogP contribution in [0.25, 0.3) is 0 Å². The van der Waals surface area contributed by atoms with Gasteiger partial charge in [0.25, 0.3) is 0 Å². The summed E-state index contributed by atoms with van der Waals surface area (Å²) in [4.78, 5) is 14.1. The van der Waals surface area contributed by atoms with Gasteiger partial charge in [0.05, 0.1) is 25.3 Å². The average Bonchev–Trinajstić information content (AvgIpc) is 2.38. The molecular weight excluding hydrogens is 256 g/mol. The fraction of sp³-hybridized carbons (Fsp3) is 0.857. The Kier molecular flexibility index (Phi) is 6.40. The van der Waals surface area contributed by atoms with Gasteiger partial charge in [0.1, 0.15) is 5.54 Å². The predicted molar refractivity (Wildman–Crippen MR) is 77.1 cm³/mol. The van der Waals surface area contributed by atoms with E-state index in [1.807, 2.05) is 13.8 Å². The van der Waals surface area contributed by atoms with E-state index in [-0.39, 0.29) is 24.5 Å². The summed E-state index contributed by atoms with van der Waals surface area (Å²) in [6.45, 7) is 8.98. The first kappa shape index (κ1) is 16.9. The van der Waals surface area contributed by atoms with Crippen LogP contribution in [0, 0.1) is 17.2 Å². The van der Waals surface area contributed by atoms with E-state index in [4.69, 9.17) is 10.00 Å². The van der Waals surface area contributed by atoms with E-state index in [2.05, 4.69) is 28.7 Å². The maximum absolute atomic E-state index is 11.9. The largest absolute Gasteiger partial charge is 0.374 e. The lowest BCUT2D eigenvalue weighted by Crippen LogP contribution is -2.52. The van der Waals surface area contributed by atoms with Crippen molar-refractivity contribution >= 4 is 5.91 Å². The number of hydrogen-bond donors (Lipinski definition) is 2. The van der Waals surface area contributed by atoms with Crippen molar-refractivity contribution in [2.24, 2.45) is 5.92 Å². The predicted octanol–water partition coefficient (Wildman–Crippen LogP) is -0.0389. The summed E-state index contributed by atoms with van der Waals surface area (Å²) < 4.78 is 5.60. The van der Waals surface area contributed by atoms with E-state index < -0.39 is 5.54 Å². The third-order valence-electron chi connectivity index (χ3n) is 3.79. The van der Waals surface area contributed by atoms with Crippen molar-refractivity contribution in [3.05, 3.63) is 0 Å². The SMILES string of the molecule is CC(C)C(C)(C#N)NC(=O)CNCC1CN(C)CCO1. The number of nitrogens with one attached hydrogen (secondary N) is 2. The third kappa shape index (κ3) is 5.08. The zero-order chi connectivity index (χ0) is 15.2. The highest BCUT2D eigenvalue weighted by Gasteiger charge is 2.29. The number of likely N-dealkylation sites (N-methyl/N-ethyl adjacent to an activating group) is 1. The smallest absolute Gasteiger partial charge is 0.235 e. The lowest BCUT2D eigenvalue weighted by atomic mass is 9.90. The van der Waals surface area contributed by atoms with Crippen LogP contribution in [0.3, 0.4) is 0 Å². The lowest BCUT2D eigenvalue weighted by molar-refractivity contribution is -0.122.